The van der Waals surface area contributed by atoms with Gasteiger partial charge in [-0.3, -0.25) is 4.98 Å². The molecule has 0 radical (unpaired) electrons. The third-order valence-electron chi connectivity index (χ3n) is 2.04. The summed E-state index contributed by atoms with van der Waals surface area (Å²) in [7, 11) is 0. The molecular weight excluding hydrogens is 158 g/mol. The van der Waals surface area contributed by atoms with Crippen LogP contribution < -0.4 is 0 Å². The van der Waals surface area contributed by atoms with Crippen molar-refractivity contribution in [3.63, 3.8) is 0 Å². The van der Waals surface area contributed by atoms with Crippen molar-refractivity contribution in [2.24, 2.45) is 0 Å². The van der Waals surface area contributed by atoms with Crippen LogP contribution in [0.4, 0.5) is 0 Å². The summed E-state index contributed by atoms with van der Waals surface area (Å²) in [4.78, 5) is 4.22. The molecule has 0 aliphatic carbocycles. The summed E-state index contributed by atoms with van der Waals surface area (Å²) in [5, 5.41) is 0. The highest BCUT2D eigenvalue weighted by Gasteiger charge is 2.01. The van der Waals surface area contributed by atoms with Gasteiger partial charge in [-0.15, -0.1) is 6.58 Å². The van der Waals surface area contributed by atoms with Gasteiger partial charge in [0.15, 0.2) is 0 Å². The molecule has 0 amide bonds. The topological polar surface area (TPSA) is 12.9 Å². The summed E-state index contributed by atoms with van der Waals surface area (Å²) >= 11 is 0. The van der Waals surface area contributed by atoms with Crippen LogP contribution in [-0.2, 0) is 0 Å². The van der Waals surface area contributed by atoms with Crippen LogP contribution >= 0.6 is 0 Å². The van der Waals surface area contributed by atoms with Gasteiger partial charge in [-0.05, 0) is 37.0 Å². The first kappa shape index (κ1) is 9.72. The van der Waals surface area contributed by atoms with Crippen LogP contribution in [-0.4, -0.2) is 4.98 Å². The van der Waals surface area contributed by atoms with Gasteiger partial charge >= 0.3 is 0 Å². The van der Waals surface area contributed by atoms with Gasteiger partial charge in [0.05, 0.1) is 0 Å². The summed E-state index contributed by atoms with van der Waals surface area (Å²) in [6.07, 6.45) is 5.67. The van der Waals surface area contributed by atoms with Crippen molar-refractivity contribution in [1.82, 2.24) is 4.98 Å². The van der Waals surface area contributed by atoms with Crippen LogP contribution in [0.5, 0.6) is 0 Å². The minimum absolute atomic E-state index is 0.968. The number of rotatable bonds is 4. The van der Waals surface area contributed by atoms with Gasteiger partial charge in [-0.25, -0.2) is 0 Å². The van der Waals surface area contributed by atoms with Crippen molar-refractivity contribution in [3.8, 4) is 0 Å². The highest BCUT2D eigenvalue weighted by Crippen LogP contribution is 2.19. The van der Waals surface area contributed by atoms with Gasteiger partial charge in [0.2, 0.25) is 0 Å². The van der Waals surface area contributed by atoms with Crippen LogP contribution in [0.2, 0.25) is 0 Å². The minimum atomic E-state index is 0.968. The van der Waals surface area contributed by atoms with Crippen molar-refractivity contribution in [2.45, 2.75) is 19.8 Å². The lowest BCUT2D eigenvalue weighted by molar-refractivity contribution is 1.06. The summed E-state index contributed by atoms with van der Waals surface area (Å²) < 4.78 is 0. The molecule has 0 aliphatic rings. The Balaban J connectivity index is 2.76. The molecule has 13 heavy (non-hydrogen) atoms. The van der Waals surface area contributed by atoms with Crippen LogP contribution in [0, 0.1) is 6.92 Å². The van der Waals surface area contributed by atoms with Crippen molar-refractivity contribution < 1.29 is 0 Å². The average Bonchev–Trinajstić information content (AvgIpc) is 2.15. The van der Waals surface area contributed by atoms with E-state index in [1.807, 2.05) is 19.1 Å². The van der Waals surface area contributed by atoms with E-state index in [2.05, 4.69) is 24.2 Å². The molecule has 0 bridgehead atoms. The smallest absolute Gasteiger partial charge is 0.0447 e. The molecular formula is C12H15N. The first-order valence-electron chi connectivity index (χ1n) is 4.46. The number of aromatic nitrogens is 1. The number of allylic oxidation sites excluding steroid dienone is 2. The van der Waals surface area contributed by atoms with Crippen molar-refractivity contribution in [2.75, 3.05) is 0 Å². The molecule has 1 nitrogen and oxygen atoms in total. The van der Waals surface area contributed by atoms with Crippen LogP contribution in [0.25, 0.3) is 5.57 Å². The van der Waals surface area contributed by atoms with E-state index in [1.165, 1.54) is 5.56 Å². The lowest BCUT2D eigenvalue weighted by Gasteiger charge is -2.06. The summed E-state index contributed by atoms with van der Waals surface area (Å²) in [6, 6.07) is 4.01. The van der Waals surface area contributed by atoms with Gasteiger partial charge in [-0.2, -0.15) is 0 Å². The molecule has 0 saturated heterocycles. The predicted octanol–water partition coefficient (Wildman–Crippen LogP) is 3.37. The fourth-order valence-corrected chi connectivity index (χ4v) is 1.27. The second-order valence-corrected chi connectivity index (χ2v) is 3.07. The molecule has 0 fully saturated rings. The van der Waals surface area contributed by atoms with Crippen molar-refractivity contribution in [3.05, 3.63) is 48.8 Å². The number of pyridine rings is 1. The van der Waals surface area contributed by atoms with E-state index in [4.69, 9.17) is 0 Å². The third kappa shape index (κ3) is 2.55. The molecule has 0 atom stereocenters. The van der Waals surface area contributed by atoms with Gasteiger partial charge in [-0.1, -0.05) is 18.7 Å². The summed E-state index contributed by atoms with van der Waals surface area (Å²) in [5.74, 6) is 0. The Labute approximate surface area is 79.8 Å². The molecule has 0 saturated carbocycles. The Morgan fingerprint density at radius 2 is 2.38 bits per heavy atom. The quantitative estimate of drug-likeness (QED) is 0.636. The lowest BCUT2D eigenvalue weighted by Crippen LogP contribution is -1.90. The van der Waals surface area contributed by atoms with Gasteiger partial charge in [0, 0.05) is 11.9 Å². The molecule has 1 rings (SSSR count). The molecule has 1 heterocycles. The highest BCUT2D eigenvalue weighted by atomic mass is 14.7. The molecule has 1 aromatic rings. The molecule has 0 N–H and O–H groups in total. The van der Waals surface area contributed by atoms with Crippen LogP contribution in [0.3, 0.4) is 0 Å². The SMILES string of the molecule is C=CCCC(=C)c1cccnc1C. The highest BCUT2D eigenvalue weighted by molar-refractivity contribution is 5.64. The Morgan fingerprint density at radius 3 is 3.00 bits per heavy atom. The zero-order valence-electron chi connectivity index (χ0n) is 8.09. The fraction of sp³-hybridized carbons (Fsp3) is 0.250. The van der Waals surface area contributed by atoms with Gasteiger partial charge < -0.3 is 0 Å². The maximum atomic E-state index is 4.22. The van der Waals surface area contributed by atoms with E-state index >= 15 is 0 Å². The molecule has 1 aromatic heterocycles. The largest absolute Gasteiger partial charge is 0.261 e. The number of hydrogen-bond donors (Lipinski definition) is 0. The molecule has 0 unspecified atom stereocenters. The van der Waals surface area contributed by atoms with E-state index in [1.54, 1.807) is 6.20 Å². The Kier molecular flexibility index (Phi) is 3.44. The fourth-order valence-electron chi connectivity index (χ4n) is 1.27. The van der Waals surface area contributed by atoms with E-state index in [9.17, 15) is 0 Å². The minimum Gasteiger partial charge on any atom is -0.261 e. The van der Waals surface area contributed by atoms with E-state index in [0.29, 0.717) is 0 Å². The third-order valence-corrected chi connectivity index (χ3v) is 2.04. The second kappa shape index (κ2) is 4.61. The number of hydrogen-bond acceptors (Lipinski definition) is 1. The molecule has 0 aliphatic heterocycles. The zero-order chi connectivity index (χ0) is 9.68. The first-order chi connectivity index (χ1) is 6.25. The lowest BCUT2D eigenvalue weighted by atomic mass is 10.0. The molecule has 0 spiro atoms. The second-order valence-electron chi connectivity index (χ2n) is 3.07. The zero-order valence-corrected chi connectivity index (χ0v) is 8.09. The van der Waals surface area contributed by atoms with Crippen molar-refractivity contribution >= 4 is 5.57 Å². The van der Waals surface area contributed by atoms with Crippen LogP contribution in [0.1, 0.15) is 24.1 Å². The summed E-state index contributed by atoms with van der Waals surface area (Å²) in [5.41, 5.74) is 3.37. The van der Waals surface area contributed by atoms with E-state index in [0.717, 1.165) is 24.1 Å². The molecule has 68 valence electrons. The molecule has 0 aromatic carbocycles. The standard InChI is InChI=1S/C12H15N/c1-4-5-7-10(2)12-8-6-9-13-11(12)3/h4,6,8-9H,1-2,5,7H2,3H3. The predicted molar refractivity (Wildman–Crippen MR) is 57.4 cm³/mol. The Morgan fingerprint density at radius 1 is 1.62 bits per heavy atom. The Bertz CT molecular complexity index is 313. The van der Waals surface area contributed by atoms with Crippen molar-refractivity contribution in [1.29, 1.82) is 0 Å². The number of nitrogens with zero attached hydrogens (tertiary/aromatic N) is 1. The Hall–Kier alpha value is -1.37. The van der Waals surface area contributed by atoms with E-state index in [-0.39, 0.29) is 0 Å². The van der Waals surface area contributed by atoms with Crippen LogP contribution in [0.15, 0.2) is 37.6 Å². The van der Waals surface area contributed by atoms with Gasteiger partial charge in [0.25, 0.3) is 0 Å². The first-order valence-corrected chi connectivity index (χ1v) is 4.46. The summed E-state index contributed by atoms with van der Waals surface area (Å²) in [6.45, 7) is 9.74. The number of aryl methyl sites for hydroxylation is 1. The average molecular weight is 173 g/mol. The van der Waals surface area contributed by atoms with E-state index < -0.39 is 0 Å². The van der Waals surface area contributed by atoms with Gasteiger partial charge in [0.1, 0.15) is 0 Å². The molecule has 1 heteroatoms. The normalized spacial score (nSPS) is 9.62. The maximum Gasteiger partial charge on any atom is 0.0447 e. The monoisotopic (exact) mass is 173 g/mol. The maximum absolute atomic E-state index is 4.22.